The summed E-state index contributed by atoms with van der Waals surface area (Å²) in [7, 11) is 0. The minimum absolute atomic E-state index is 0.962. The minimum Gasteiger partial charge on any atom is -0.257 e. The normalized spacial score (nSPS) is 14.6. The van der Waals surface area contributed by atoms with Crippen LogP contribution in [0.5, 0.6) is 0 Å². The summed E-state index contributed by atoms with van der Waals surface area (Å²) in [4.78, 5) is 4.35. The first-order chi connectivity index (χ1) is 7.28. The number of hydrogen-bond donors (Lipinski definition) is 0. The van der Waals surface area contributed by atoms with E-state index in [0.717, 1.165) is 11.3 Å². The number of allylic oxidation sites excluding steroid dienone is 8. The fourth-order valence-corrected chi connectivity index (χ4v) is 0.927. The Balaban J connectivity index is 4.61. The maximum atomic E-state index is 4.35. The lowest BCUT2D eigenvalue weighted by Gasteiger charge is -1.93. The summed E-state index contributed by atoms with van der Waals surface area (Å²) in [6.45, 7) is 9.57. The molecule has 0 saturated heterocycles. The second-order valence-corrected chi connectivity index (χ2v) is 2.86. The van der Waals surface area contributed by atoms with E-state index < -0.39 is 0 Å². The van der Waals surface area contributed by atoms with Gasteiger partial charge in [-0.25, -0.2) is 0 Å². The lowest BCUT2D eigenvalue weighted by Crippen LogP contribution is -1.80. The van der Waals surface area contributed by atoms with E-state index in [0.29, 0.717) is 0 Å². The molecule has 1 heteroatoms. The van der Waals surface area contributed by atoms with Gasteiger partial charge in [0.15, 0.2) is 0 Å². The van der Waals surface area contributed by atoms with Gasteiger partial charge in [0, 0.05) is 6.21 Å². The summed E-state index contributed by atoms with van der Waals surface area (Å²) in [6, 6.07) is 0. The van der Waals surface area contributed by atoms with Gasteiger partial charge in [-0.15, -0.1) is 0 Å². The Labute approximate surface area is 92.9 Å². The molecule has 0 radical (unpaired) electrons. The van der Waals surface area contributed by atoms with Gasteiger partial charge in [0.2, 0.25) is 0 Å². The third-order valence-corrected chi connectivity index (χ3v) is 1.75. The van der Waals surface area contributed by atoms with Crippen LogP contribution in [-0.2, 0) is 0 Å². The molecule has 0 N–H and O–H groups in total. The first-order valence-electron chi connectivity index (χ1n) is 5.07. The van der Waals surface area contributed by atoms with E-state index in [1.807, 2.05) is 63.4 Å². The molecule has 0 rings (SSSR count). The Bertz CT molecular complexity index is 325. The van der Waals surface area contributed by atoms with E-state index in [1.165, 1.54) is 0 Å². The average Bonchev–Trinajstić information content (AvgIpc) is 2.27. The summed E-state index contributed by atoms with van der Waals surface area (Å²) in [5.74, 6) is 0. The molecule has 0 heterocycles. The van der Waals surface area contributed by atoms with Crippen molar-refractivity contribution < 1.29 is 0 Å². The zero-order chi connectivity index (χ0) is 11.5. The van der Waals surface area contributed by atoms with Crippen molar-refractivity contribution >= 4 is 6.21 Å². The van der Waals surface area contributed by atoms with Crippen molar-refractivity contribution in [3.05, 3.63) is 60.4 Å². The SMILES string of the molecule is C=C\C=C/C(/C=N/C(/C=C\C)=C/C)=C\C. The highest BCUT2D eigenvalue weighted by Crippen LogP contribution is 2.01. The van der Waals surface area contributed by atoms with Crippen molar-refractivity contribution in [2.24, 2.45) is 4.99 Å². The van der Waals surface area contributed by atoms with Crippen molar-refractivity contribution in [2.75, 3.05) is 0 Å². The molecule has 0 aliphatic heterocycles. The Morgan fingerprint density at radius 3 is 2.27 bits per heavy atom. The number of rotatable bonds is 5. The van der Waals surface area contributed by atoms with Gasteiger partial charge in [-0.3, -0.25) is 4.99 Å². The lowest BCUT2D eigenvalue weighted by molar-refractivity contribution is 1.38. The molecule has 0 aromatic rings. The number of nitrogens with zero attached hydrogens (tertiary/aromatic N) is 1. The van der Waals surface area contributed by atoms with Gasteiger partial charge >= 0.3 is 0 Å². The molecule has 0 amide bonds. The van der Waals surface area contributed by atoms with Gasteiger partial charge in [0.1, 0.15) is 0 Å². The quantitative estimate of drug-likeness (QED) is 0.466. The average molecular weight is 201 g/mol. The number of aliphatic imine (C=N–C) groups is 1. The summed E-state index contributed by atoms with van der Waals surface area (Å²) in [6.07, 6.45) is 15.4. The smallest absolute Gasteiger partial charge is 0.0583 e. The van der Waals surface area contributed by atoms with Crippen LogP contribution in [0.15, 0.2) is 65.4 Å². The van der Waals surface area contributed by atoms with Crippen LogP contribution >= 0.6 is 0 Å². The second kappa shape index (κ2) is 8.95. The summed E-state index contributed by atoms with van der Waals surface area (Å²) in [5, 5.41) is 0. The Morgan fingerprint density at radius 1 is 1.07 bits per heavy atom. The van der Waals surface area contributed by atoms with Crippen molar-refractivity contribution in [1.82, 2.24) is 0 Å². The molecule has 0 saturated carbocycles. The number of hydrogen-bond acceptors (Lipinski definition) is 1. The largest absolute Gasteiger partial charge is 0.257 e. The summed E-state index contributed by atoms with van der Waals surface area (Å²) in [5.41, 5.74) is 2.03. The molecule has 0 fully saturated rings. The fraction of sp³-hybridized carbons (Fsp3) is 0.214. The molecule has 0 aliphatic rings. The standard InChI is InChI=1S/C14H19N/c1-5-9-11-13(7-3)12-15-14(8-4)10-6-2/h5-12H,1H2,2-4H3/b10-6-,11-9-,13-7+,14-8+,15-12+. The first-order valence-corrected chi connectivity index (χ1v) is 5.07. The van der Waals surface area contributed by atoms with Crippen LogP contribution < -0.4 is 0 Å². The van der Waals surface area contributed by atoms with Gasteiger partial charge in [0.25, 0.3) is 0 Å². The Hall–Kier alpha value is -1.63. The van der Waals surface area contributed by atoms with Crippen LogP contribution in [0.2, 0.25) is 0 Å². The molecule has 1 nitrogen and oxygen atoms in total. The van der Waals surface area contributed by atoms with Crippen LogP contribution in [0, 0.1) is 0 Å². The van der Waals surface area contributed by atoms with Gasteiger partial charge in [-0.05, 0) is 32.4 Å². The summed E-state index contributed by atoms with van der Waals surface area (Å²) < 4.78 is 0. The minimum atomic E-state index is 0.962. The zero-order valence-corrected chi connectivity index (χ0v) is 9.77. The van der Waals surface area contributed by atoms with E-state index in [9.17, 15) is 0 Å². The van der Waals surface area contributed by atoms with Crippen LogP contribution in [0.25, 0.3) is 0 Å². The van der Waals surface area contributed by atoms with E-state index >= 15 is 0 Å². The predicted octanol–water partition coefficient (Wildman–Crippen LogP) is 4.23. The fourth-order valence-electron chi connectivity index (χ4n) is 0.927. The highest BCUT2D eigenvalue weighted by molar-refractivity contribution is 5.83. The molecular formula is C14H19N. The molecule has 0 atom stereocenters. The third-order valence-electron chi connectivity index (χ3n) is 1.75. The van der Waals surface area contributed by atoms with Crippen molar-refractivity contribution in [3.8, 4) is 0 Å². The molecule has 0 bridgehead atoms. The van der Waals surface area contributed by atoms with Gasteiger partial charge in [0.05, 0.1) is 5.70 Å². The molecule has 0 unspecified atom stereocenters. The van der Waals surface area contributed by atoms with Gasteiger partial charge in [-0.2, -0.15) is 0 Å². The molecule has 80 valence electrons. The maximum Gasteiger partial charge on any atom is 0.0583 e. The topological polar surface area (TPSA) is 12.4 Å². The van der Waals surface area contributed by atoms with E-state index in [2.05, 4.69) is 11.6 Å². The highest BCUT2D eigenvalue weighted by atomic mass is 14.7. The molecule has 0 aromatic heterocycles. The lowest BCUT2D eigenvalue weighted by atomic mass is 10.2. The van der Waals surface area contributed by atoms with Crippen LogP contribution in [-0.4, -0.2) is 6.21 Å². The first kappa shape index (κ1) is 13.4. The van der Waals surface area contributed by atoms with Crippen molar-refractivity contribution in [1.29, 1.82) is 0 Å². The summed E-state index contributed by atoms with van der Waals surface area (Å²) >= 11 is 0. The van der Waals surface area contributed by atoms with E-state index in [1.54, 1.807) is 6.08 Å². The van der Waals surface area contributed by atoms with Crippen molar-refractivity contribution in [3.63, 3.8) is 0 Å². The van der Waals surface area contributed by atoms with Gasteiger partial charge in [-0.1, -0.05) is 43.0 Å². The molecule has 15 heavy (non-hydrogen) atoms. The van der Waals surface area contributed by atoms with E-state index in [-0.39, 0.29) is 0 Å². The monoisotopic (exact) mass is 201 g/mol. The zero-order valence-electron chi connectivity index (χ0n) is 9.77. The Kier molecular flexibility index (Phi) is 7.97. The van der Waals surface area contributed by atoms with E-state index in [4.69, 9.17) is 0 Å². The second-order valence-electron chi connectivity index (χ2n) is 2.86. The Morgan fingerprint density at radius 2 is 1.80 bits per heavy atom. The van der Waals surface area contributed by atoms with Crippen LogP contribution in [0.1, 0.15) is 20.8 Å². The molecule has 0 spiro atoms. The van der Waals surface area contributed by atoms with Crippen molar-refractivity contribution in [2.45, 2.75) is 20.8 Å². The molecular weight excluding hydrogens is 182 g/mol. The predicted molar refractivity (Wildman–Crippen MR) is 70.2 cm³/mol. The third kappa shape index (κ3) is 6.44. The van der Waals surface area contributed by atoms with Crippen LogP contribution in [0.4, 0.5) is 0 Å². The molecule has 0 aliphatic carbocycles. The molecule has 0 aromatic carbocycles. The van der Waals surface area contributed by atoms with Gasteiger partial charge < -0.3 is 0 Å². The highest BCUT2D eigenvalue weighted by Gasteiger charge is 1.85. The van der Waals surface area contributed by atoms with Crippen LogP contribution in [0.3, 0.4) is 0 Å². The maximum absolute atomic E-state index is 4.35.